The number of carbonyl (C=O) groups excluding carboxylic acids is 2. The van der Waals surface area contributed by atoms with Crippen LogP contribution in [-0.4, -0.2) is 80.4 Å². The summed E-state index contributed by atoms with van der Waals surface area (Å²) in [6, 6.07) is 0.215. The molecule has 2 amide bonds. The van der Waals surface area contributed by atoms with Gasteiger partial charge in [0.25, 0.3) is 0 Å². The lowest BCUT2D eigenvalue weighted by Crippen LogP contribution is -2.44. The van der Waals surface area contributed by atoms with Crippen LogP contribution in [0.2, 0.25) is 0 Å². The Bertz CT molecular complexity index is 627. The third kappa shape index (κ3) is 17.5. The zero-order chi connectivity index (χ0) is 28.5. The molecule has 234 valence electrons. The Kier molecular flexibility index (Phi) is 21.2. The fourth-order valence-corrected chi connectivity index (χ4v) is 6.08. The van der Waals surface area contributed by atoms with Crippen LogP contribution in [-0.2, 0) is 14.3 Å². The van der Waals surface area contributed by atoms with Crippen molar-refractivity contribution in [1.29, 1.82) is 0 Å². The highest BCUT2D eigenvalue weighted by Gasteiger charge is 2.26. The number of piperidine rings is 1. The second kappa shape index (κ2) is 24.3. The Labute approximate surface area is 246 Å². The van der Waals surface area contributed by atoms with Crippen LogP contribution < -0.4 is 5.32 Å². The molecule has 0 saturated carbocycles. The fraction of sp³-hybridized carbons (Fsp3) is 0.939. The second-order valence-electron chi connectivity index (χ2n) is 12.1. The van der Waals surface area contributed by atoms with E-state index in [1.165, 1.54) is 83.5 Å². The summed E-state index contributed by atoms with van der Waals surface area (Å²) in [6.07, 6.45) is 25.4. The van der Waals surface area contributed by atoms with E-state index in [-0.39, 0.29) is 12.1 Å². The normalized spacial score (nSPS) is 18.1. The summed E-state index contributed by atoms with van der Waals surface area (Å²) in [4.78, 5) is 29.5. The van der Waals surface area contributed by atoms with Gasteiger partial charge in [-0.3, -0.25) is 9.69 Å². The van der Waals surface area contributed by atoms with Crippen LogP contribution in [0.5, 0.6) is 0 Å². The van der Waals surface area contributed by atoms with Gasteiger partial charge in [-0.2, -0.15) is 0 Å². The predicted molar refractivity (Wildman–Crippen MR) is 165 cm³/mol. The number of amides is 2. The molecule has 7 heteroatoms. The van der Waals surface area contributed by atoms with Crippen molar-refractivity contribution in [2.24, 2.45) is 0 Å². The number of carbonyl (C=O) groups is 2. The number of likely N-dealkylation sites (tertiary alicyclic amines) is 1. The lowest BCUT2D eigenvalue weighted by atomic mass is 9.98. The highest BCUT2D eigenvalue weighted by molar-refractivity contribution is 5.76. The van der Waals surface area contributed by atoms with Gasteiger partial charge in [-0.25, -0.2) is 4.79 Å². The second-order valence-corrected chi connectivity index (χ2v) is 12.1. The lowest BCUT2D eigenvalue weighted by Gasteiger charge is -2.36. The highest BCUT2D eigenvalue weighted by Crippen LogP contribution is 2.22. The summed E-state index contributed by atoms with van der Waals surface area (Å²) in [5, 5.41) is 2.87. The van der Waals surface area contributed by atoms with Gasteiger partial charge in [0.15, 0.2) is 0 Å². The van der Waals surface area contributed by atoms with Gasteiger partial charge in [0.2, 0.25) is 5.91 Å². The molecule has 2 saturated heterocycles. The van der Waals surface area contributed by atoms with E-state index in [4.69, 9.17) is 9.47 Å². The minimum atomic E-state index is -0.339. The van der Waals surface area contributed by atoms with E-state index in [1.807, 2.05) is 0 Å². The number of nitrogens with one attached hydrogen (secondary N) is 1. The minimum absolute atomic E-state index is 0.215. The Morgan fingerprint density at radius 2 is 1.38 bits per heavy atom. The molecular formula is C33H63N3O4. The third-order valence-corrected chi connectivity index (χ3v) is 8.65. The number of hydrogen-bond donors (Lipinski definition) is 1. The predicted octanol–water partition coefficient (Wildman–Crippen LogP) is 7.47. The van der Waals surface area contributed by atoms with E-state index in [1.54, 1.807) is 0 Å². The Balaban J connectivity index is 1.42. The molecule has 1 N–H and O–H groups in total. The van der Waals surface area contributed by atoms with Gasteiger partial charge in [-0.05, 0) is 38.6 Å². The molecule has 1 atom stereocenters. The molecule has 0 bridgehead atoms. The molecule has 1 unspecified atom stereocenters. The van der Waals surface area contributed by atoms with Crippen molar-refractivity contribution >= 4 is 12.0 Å². The molecule has 0 aromatic rings. The molecular weight excluding hydrogens is 502 g/mol. The number of morpholine rings is 1. The minimum Gasteiger partial charge on any atom is -0.449 e. The zero-order valence-corrected chi connectivity index (χ0v) is 26.1. The van der Waals surface area contributed by atoms with Crippen LogP contribution in [0.15, 0.2) is 0 Å². The van der Waals surface area contributed by atoms with Gasteiger partial charge in [-0.15, -0.1) is 0 Å². The van der Waals surface area contributed by atoms with Crippen molar-refractivity contribution < 1.29 is 19.1 Å². The molecule has 2 heterocycles. The third-order valence-electron chi connectivity index (χ3n) is 8.65. The van der Waals surface area contributed by atoms with Crippen LogP contribution >= 0.6 is 0 Å². The van der Waals surface area contributed by atoms with E-state index in [0.29, 0.717) is 25.5 Å². The van der Waals surface area contributed by atoms with Crippen molar-refractivity contribution in [3.63, 3.8) is 0 Å². The van der Waals surface area contributed by atoms with Crippen molar-refractivity contribution in [3.05, 3.63) is 0 Å². The number of nitrogens with zero attached hydrogens (tertiary/aromatic N) is 2. The molecule has 0 aromatic carbocycles. The molecule has 0 aliphatic carbocycles. The van der Waals surface area contributed by atoms with Crippen molar-refractivity contribution in [1.82, 2.24) is 15.1 Å². The molecule has 2 fully saturated rings. The number of rotatable bonds is 23. The van der Waals surface area contributed by atoms with Gasteiger partial charge < -0.3 is 19.7 Å². The first kappa shape index (κ1) is 34.9. The number of hydrogen-bond acceptors (Lipinski definition) is 5. The first-order valence-corrected chi connectivity index (χ1v) is 17.2. The van der Waals surface area contributed by atoms with Crippen molar-refractivity contribution in [3.8, 4) is 0 Å². The molecule has 2 aliphatic heterocycles. The number of alkyl carbamates (subject to hydrolysis) is 1. The van der Waals surface area contributed by atoms with Gasteiger partial charge >= 0.3 is 6.09 Å². The number of unbranched alkanes of at least 4 members (excludes halogenated alkanes) is 14. The SMILES string of the molecule is CCCCCCCCCCCCCCCCCC(=O)N1CCCCC1CCOC(=O)NCCCN1CCOCC1. The quantitative estimate of drug-likeness (QED) is 0.130. The maximum absolute atomic E-state index is 12.9. The van der Waals surface area contributed by atoms with Gasteiger partial charge in [-0.1, -0.05) is 96.8 Å². The van der Waals surface area contributed by atoms with Crippen LogP contribution in [0.3, 0.4) is 0 Å². The largest absolute Gasteiger partial charge is 0.449 e. The standard InChI is InChI=1S/C33H63N3O4/c1-2-3-4-5-6-7-8-9-10-11-12-13-14-15-16-21-32(37)36-25-18-17-20-31(36)22-28-40-33(38)34-23-19-24-35-26-29-39-30-27-35/h31H,2-30H2,1H3,(H,34,38). The molecule has 0 aromatic heterocycles. The molecule has 0 radical (unpaired) electrons. The average Bonchev–Trinajstić information content (AvgIpc) is 2.98. The molecule has 2 rings (SSSR count). The van der Waals surface area contributed by atoms with E-state index >= 15 is 0 Å². The maximum atomic E-state index is 12.9. The summed E-state index contributed by atoms with van der Waals surface area (Å²) in [5.41, 5.74) is 0. The summed E-state index contributed by atoms with van der Waals surface area (Å²) in [6.45, 7) is 8.67. The van der Waals surface area contributed by atoms with E-state index in [0.717, 1.165) is 84.3 Å². The van der Waals surface area contributed by atoms with E-state index < -0.39 is 0 Å². The first-order valence-electron chi connectivity index (χ1n) is 17.2. The summed E-state index contributed by atoms with van der Waals surface area (Å²) >= 11 is 0. The molecule has 40 heavy (non-hydrogen) atoms. The van der Waals surface area contributed by atoms with Crippen LogP contribution in [0.25, 0.3) is 0 Å². The average molecular weight is 566 g/mol. The smallest absolute Gasteiger partial charge is 0.407 e. The van der Waals surface area contributed by atoms with Gasteiger partial charge in [0.05, 0.1) is 19.8 Å². The molecule has 7 nitrogen and oxygen atoms in total. The van der Waals surface area contributed by atoms with Gasteiger partial charge in [0, 0.05) is 45.1 Å². The van der Waals surface area contributed by atoms with Crippen molar-refractivity contribution in [2.75, 3.05) is 52.5 Å². The first-order chi connectivity index (χ1) is 19.7. The van der Waals surface area contributed by atoms with Gasteiger partial charge in [0.1, 0.15) is 0 Å². The monoisotopic (exact) mass is 565 g/mol. The summed E-state index contributed by atoms with van der Waals surface area (Å²) < 4.78 is 10.8. The zero-order valence-electron chi connectivity index (χ0n) is 26.1. The summed E-state index contributed by atoms with van der Waals surface area (Å²) in [5.74, 6) is 0.298. The van der Waals surface area contributed by atoms with Crippen LogP contribution in [0.4, 0.5) is 4.79 Å². The van der Waals surface area contributed by atoms with E-state index in [2.05, 4.69) is 22.0 Å². The lowest BCUT2D eigenvalue weighted by molar-refractivity contribution is -0.135. The summed E-state index contributed by atoms with van der Waals surface area (Å²) in [7, 11) is 0. The number of ether oxygens (including phenoxy) is 2. The van der Waals surface area contributed by atoms with Crippen LogP contribution in [0.1, 0.15) is 142 Å². The maximum Gasteiger partial charge on any atom is 0.407 e. The Hall–Kier alpha value is -1.34. The topological polar surface area (TPSA) is 71.1 Å². The van der Waals surface area contributed by atoms with Crippen LogP contribution in [0, 0.1) is 0 Å². The molecule has 0 spiro atoms. The molecule has 2 aliphatic rings. The van der Waals surface area contributed by atoms with E-state index in [9.17, 15) is 9.59 Å². The Morgan fingerprint density at radius 1 is 0.775 bits per heavy atom. The Morgan fingerprint density at radius 3 is 2.00 bits per heavy atom. The fourth-order valence-electron chi connectivity index (χ4n) is 6.08. The van der Waals surface area contributed by atoms with Crippen molar-refractivity contribution in [2.45, 2.75) is 148 Å². The highest BCUT2D eigenvalue weighted by atomic mass is 16.5.